The minimum atomic E-state index is -0.275. The summed E-state index contributed by atoms with van der Waals surface area (Å²) in [6.07, 6.45) is 0. The van der Waals surface area contributed by atoms with E-state index in [9.17, 15) is 4.79 Å². The third kappa shape index (κ3) is 1.86. The van der Waals surface area contributed by atoms with E-state index in [1.165, 1.54) is 0 Å². The van der Waals surface area contributed by atoms with Crippen molar-refractivity contribution < 1.29 is 9.53 Å². The van der Waals surface area contributed by atoms with Crippen LogP contribution in [0.15, 0.2) is 30.3 Å². The molecule has 78 valence electrons. The summed E-state index contributed by atoms with van der Waals surface area (Å²) in [5.41, 5.74) is 1.61. The van der Waals surface area contributed by atoms with Gasteiger partial charge in [0.1, 0.15) is 5.69 Å². The molecule has 0 atom stereocenters. The predicted molar refractivity (Wildman–Crippen MR) is 67.3 cm³/mol. The lowest BCUT2D eigenvalue weighted by Crippen LogP contribution is -2.06. The molecule has 0 saturated carbocycles. The van der Waals surface area contributed by atoms with Crippen LogP contribution in [0.25, 0.3) is 10.9 Å². The maximum absolute atomic E-state index is 11.6. The van der Waals surface area contributed by atoms with Crippen molar-refractivity contribution >= 4 is 39.7 Å². The number of aromatic nitrogens is 1. The molecule has 0 N–H and O–H groups in total. The van der Waals surface area contributed by atoms with Crippen molar-refractivity contribution in [2.24, 2.45) is 0 Å². The number of carbonyl (C=O) groups is 1. The first kappa shape index (κ1) is 10.5. The summed E-state index contributed by atoms with van der Waals surface area (Å²) in [4.78, 5) is 11.6. The SMILES string of the molecule is CCOC(=O)c1cc2ccccc2n1I. The van der Waals surface area contributed by atoms with E-state index in [1.54, 1.807) is 6.92 Å². The fraction of sp³-hybridized carbons (Fsp3) is 0.182. The van der Waals surface area contributed by atoms with E-state index in [4.69, 9.17) is 4.74 Å². The first-order valence-electron chi connectivity index (χ1n) is 4.67. The van der Waals surface area contributed by atoms with Gasteiger partial charge in [-0.1, -0.05) is 18.2 Å². The van der Waals surface area contributed by atoms with Crippen LogP contribution in [0.1, 0.15) is 17.4 Å². The largest absolute Gasteiger partial charge is 0.461 e. The van der Waals surface area contributed by atoms with E-state index in [0.29, 0.717) is 12.3 Å². The summed E-state index contributed by atoms with van der Waals surface area (Å²) in [6, 6.07) is 9.71. The molecule has 1 heterocycles. The van der Waals surface area contributed by atoms with Crippen LogP contribution in [-0.2, 0) is 4.74 Å². The summed E-state index contributed by atoms with van der Waals surface area (Å²) in [5.74, 6) is -0.275. The number of benzene rings is 1. The first-order valence-corrected chi connectivity index (χ1v) is 5.64. The Bertz CT molecular complexity index is 504. The Hall–Kier alpha value is -1.04. The minimum Gasteiger partial charge on any atom is -0.461 e. The van der Waals surface area contributed by atoms with Gasteiger partial charge in [-0.2, -0.15) is 0 Å². The molecule has 4 heteroatoms. The number of esters is 1. The monoisotopic (exact) mass is 315 g/mol. The van der Waals surface area contributed by atoms with E-state index in [-0.39, 0.29) is 5.97 Å². The fourth-order valence-electron chi connectivity index (χ4n) is 1.47. The van der Waals surface area contributed by atoms with Gasteiger partial charge in [0.25, 0.3) is 0 Å². The zero-order valence-corrected chi connectivity index (χ0v) is 10.4. The second kappa shape index (κ2) is 4.22. The first-order chi connectivity index (χ1) is 7.24. The van der Waals surface area contributed by atoms with Crippen LogP contribution in [0.4, 0.5) is 0 Å². The lowest BCUT2D eigenvalue weighted by molar-refractivity contribution is 0.0520. The molecule has 0 amide bonds. The van der Waals surface area contributed by atoms with Gasteiger partial charge in [-0.05, 0) is 19.1 Å². The molecule has 0 aliphatic carbocycles. The normalized spacial score (nSPS) is 10.5. The highest BCUT2D eigenvalue weighted by Crippen LogP contribution is 2.22. The zero-order chi connectivity index (χ0) is 10.8. The number of rotatable bonds is 2. The number of fused-ring (bicyclic) bond motifs is 1. The highest BCUT2D eigenvalue weighted by molar-refractivity contribution is 14.1. The van der Waals surface area contributed by atoms with Crippen molar-refractivity contribution in [3.8, 4) is 0 Å². The van der Waals surface area contributed by atoms with Gasteiger partial charge in [-0.3, -0.25) is 2.78 Å². The van der Waals surface area contributed by atoms with Crippen molar-refractivity contribution in [2.75, 3.05) is 6.61 Å². The molecule has 2 aromatic rings. The Balaban J connectivity index is 2.53. The number of para-hydroxylation sites is 1. The van der Waals surface area contributed by atoms with Crippen LogP contribution in [0.2, 0.25) is 0 Å². The fourth-order valence-corrected chi connectivity index (χ4v) is 2.24. The quantitative estimate of drug-likeness (QED) is 0.630. The summed E-state index contributed by atoms with van der Waals surface area (Å²) in [7, 11) is 0. The number of ether oxygens (including phenoxy) is 1. The maximum atomic E-state index is 11.6. The molecule has 0 aliphatic rings. The van der Waals surface area contributed by atoms with Crippen LogP contribution in [-0.4, -0.2) is 15.4 Å². The lowest BCUT2D eigenvalue weighted by Gasteiger charge is -2.01. The molecule has 0 spiro atoms. The number of nitrogens with zero attached hydrogens (tertiary/aromatic N) is 1. The Morgan fingerprint density at radius 2 is 2.20 bits per heavy atom. The van der Waals surface area contributed by atoms with Gasteiger partial charge in [0.2, 0.25) is 0 Å². The van der Waals surface area contributed by atoms with Crippen LogP contribution in [0, 0.1) is 0 Å². The number of hydrogen-bond acceptors (Lipinski definition) is 2. The molecule has 1 aromatic heterocycles. The van der Waals surface area contributed by atoms with Crippen molar-refractivity contribution in [2.45, 2.75) is 6.92 Å². The molecule has 0 fully saturated rings. The van der Waals surface area contributed by atoms with Crippen molar-refractivity contribution in [3.63, 3.8) is 0 Å². The third-order valence-corrected chi connectivity index (χ3v) is 3.18. The molecule has 1 aromatic carbocycles. The van der Waals surface area contributed by atoms with Crippen molar-refractivity contribution in [1.29, 1.82) is 0 Å². The second-order valence-corrected chi connectivity index (χ2v) is 4.05. The summed E-state index contributed by atoms with van der Waals surface area (Å²) in [6.45, 7) is 2.20. The van der Waals surface area contributed by atoms with E-state index < -0.39 is 0 Å². The van der Waals surface area contributed by atoms with Crippen LogP contribution < -0.4 is 0 Å². The topological polar surface area (TPSA) is 31.2 Å². The standard InChI is InChI=1S/C11H10INO2/c1-2-15-11(14)10-7-8-5-3-4-6-9(8)13(10)12/h3-7H,2H2,1H3. The van der Waals surface area contributed by atoms with E-state index in [1.807, 2.05) is 33.1 Å². The molecule has 2 rings (SSSR count). The Labute approximate surface area is 102 Å². The molecule has 15 heavy (non-hydrogen) atoms. The molecule has 0 bridgehead atoms. The smallest absolute Gasteiger partial charge is 0.355 e. The molecule has 0 saturated heterocycles. The van der Waals surface area contributed by atoms with Crippen molar-refractivity contribution in [3.05, 3.63) is 36.0 Å². The summed E-state index contributed by atoms with van der Waals surface area (Å²) < 4.78 is 6.80. The Kier molecular flexibility index (Phi) is 2.95. The number of halogens is 1. The average Bonchev–Trinajstić information content (AvgIpc) is 2.57. The van der Waals surface area contributed by atoms with Gasteiger partial charge >= 0.3 is 5.97 Å². The van der Waals surface area contributed by atoms with Crippen molar-refractivity contribution in [1.82, 2.24) is 2.78 Å². The van der Waals surface area contributed by atoms with E-state index >= 15 is 0 Å². The number of hydrogen-bond donors (Lipinski definition) is 0. The van der Waals surface area contributed by atoms with Gasteiger partial charge in [0, 0.05) is 5.39 Å². The van der Waals surface area contributed by atoms with Gasteiger partial charge in [0.15, 0.2) is 0 Å². The molecule has 0 aliphatic heterocycles. The molecule has 0 radical (unpaired) electrons. The minimum absolute atomic E-state index is 0.275. The van der Waals surface area contributed by atoms with Crippen LogP contribution >= 0.6 is 22.9 Å². The highest BCUT2D eigenvalue weighted by atomic mass is 127. The molecule has 0 unspecified atom stereocenters. The summed E-state index contributed by atoms with van der Waals surface area (Å²) >= 11 is 2.10. The van der Waals surface area contributed by atoms with Crippen LogP contribution in [0.3, 0.4) is 0 Å². The third-order valence-electron chi connectivity index (χ3n) is 2.14. The Morgan fingerprint density at radius 3 is 2.87 bits per heavy atom. The summed E-state index contributed by atoms with van der Waals surface area (Å²) in [5, 5.41) is 1.05. The zero-order valence-electron chi connectivity index (χ0n) is 8.24. The van der Waals surface area contributed by atoms with E-state index in [2.05, 4.69) is 22.9 Å². The van der Waals surface area contributed by atoms with Gasteiger partial charge in [-0.25, -0.2) is 4.79 Å². The lowest BCUT2D eigenvalue weighted by atomic mass is 10.2. The predicted octanol–water partition coefficient (Wildman–Crippen LogP) is 3.02. The molecular weight excluding hydrogens is 305 g/mol. The maximum Gasteiger partial charge on any atom is 0.355 e. The highest BCUT2D eigenvalue weighted by Gasteiger charge is 2.14. The molecular formula is C11H10INO2. The second-order valence-electron chi connectivity index (χ2n) is 3.09. The molecule has 3 nitrogen and oxygen atoms in total. The average molecular weight is 315 g/mol. The Morgan fingerprint density at radius 1 is 1.47 bits per heavy atom. The van der Waals surface area contributed by atoms with Crippen LogP contribution in [0.5, 0.6) is 0 Å². The number of carbonyl (C=O) groups excluding carboxylic acids is 1. The van der Waals surface area contributed by atoms with Gasteiger partial charge in [0.05, 0.1) is 35.0 Å². The van der Waals surface area contributed by atoms with Gasteiger partial charge < -0.3 is 4.74 Å². The van der Waals surface area contributed by atoms with E-state index in [0.717, 1.165) is 10.9 Å². The van der Waals surface area contributed by atoms with Gasteiger partial charge in [-0.15, -0.1) is 0 Å².